The second-order valence-corrected chi connectivity index (χ2v) is 24.6. The molecule has 2 nitrogen and oxygen atoms in total. The Morgan fingerprint density at radius 3 is 1.08 bits per heavy atom. The molecule has 2 heterocycles. The van der Waals surface area contributed by atoms with E-state index in [0.29, 0.717) is 11.8 Å². The zero-order valence-electron chi connectivity index (χ0n) is 41.3. The van der Waals surface area contributed by atoms with Gasteiger partial charge in [-0.3, -0.25) is 0 Å². The van der Waals surface area contributed by atoms with E-state index in [9.17, 15) is 0 Å². The summed E-state index contributed by atoms with van der Waals surface area (Å²) in [7, 11) is 0. The Morgan fingerprint density at radius 2 is 0.734 bits per heavy atom. The molecule has 328 valence electrons. The minimum Gasteiger partial charge on any atom is -0.310 e. The lowest BCUT2D eigenvalue weighted by Crippen LogP contribution is -2.43. The van der Waals surface area contributed by atoms with Crippen molar-refractivity contribution in [1.82, 2.24) is 0 Å². The molecule has 2 saturated carbocycles. The molecule has 11 rings (SSSR count). The highest BCUT2D eigenvalue weighted by Crippen LogP contribution is 2.72. The number of fused-ring (bicyclic) bond motifs is 7. The number of rotatable bonds is 2. The first-order valence-electron chi connectivity index (χ1n) is 24.5. The SMILES string of the molecule is Cc1ccc2c(c1)C(C)(C)c1cc(C(C)(C)C)ccc1N2c1ccc2c(c1)C13CC(C)CC1(CC(C)C3)c1cc(N3c4ccc(C)cc4C(C)(C)c4cc(C(C)(C)C)ccc43)ccc1-2. The van der Waals surface area contributed by atoms with Crippen LogP contribution in [0.1, 0.15) is 164 Å². The van der Waals surface area contributed by atoms with Crippen LogP contribution in [0.5, 0.6) is 0 Å². The van der Waals surface area contributed by atoms with E-state index in [1.54, 1.807) is 11.1 Å². The number of hydrogen-bond donors (Lipinski definition) is 0. The average molecular weight is 843 g/mol. The van der Waals surface area contributed by atoms with Crippen LogP contribution in [-0.2, 0) is 32.5 Å². The molecule has 0 atom stereocenters. The monoisotopic (exact) mass is 843 g/mol. The summed E-state index contributed by atoms with van der Waals surface area (Å²) in [6.45, 7) is 33.4. The van der Waals surface area contributed by atoms with Gasteiger partial charge in [-0.25, -0.2) is 0 Å². The van der Waals surface area contributed by atoms with Gasteiger partial charge in [0.15, 0.2) is 0 Å². The lowest BCUT2D eigenvalue weighted by molar-refractivity contribution is 0.299. The third kappa shape index (κ3) is 5.62. The summed E-state index contributed by atoms with van der Waals surface area (Å²) in [5.74, 6) is 1.29. The van der Waals surface area contributed by atoms with Gasteiger partial charge in [0.05, 0.1) is 22.7 Å². The maximum Gasteiger partial charge on any atom is 0.0502 e. The lowest BCUT2D eigenvalue weighted by atomic mass is 9.55. The molecule has 2 aliphatic heterocycles. The van der Waals surface area contributed by atoms with Crippen LogP contribution < -0.4 is 9.80 Å². The van der Waals surface area contributed by atoms with Gasteiger partial charge in [0.1, 0.15) is 0 Å². The summed E-state index contributed by atoms with van der Waals surface area (Å²) < 4.78 is 0. The van der Waals surface area contributed by atoms with Crippen LogP contribution in [0.3, 0.4) is 0 Å². The smallest absolute Gasteiger partial charge is 0.0502 e. The summed E-state index contributed by atoms with van der Waals surface area (Å²) in [5, 5.41) is 0. The number of benzene rings is 6. The van der Waals surface area contributed by atoms with Gasteiger partial charge in [0.2, 0.25) is 0 Å². The molecule has 2 heteroatoms. The van der Waals surface area contributed by atoms with Gasteiger partial charge in [0.25, 0.3) is 0 Å². The first-order valence-corrected chi connectivity index (χ1v) is 24.5. The van der Waals surface area contributed by atoms with E-state index < -0.39 is 0 Å². The standard InChI is InChI=1S/C62H70N2/c1-37-15-23-53-49(27-37)59(11,12)51-29-41(57(5,6)7)17-25-55(51)63(53)43-19-21-45-46-22-20-44(32-48(46)62-35-39(3)33-61(62,47(45)31-43)34-40(4)36-62)64-54-24-16-38(2)28-50(54)60(13,14)52-30-42(58(8,9)10)18-26-56(52)64/h15-32,39-40H,33-36H2,1-14H3. The van der Waals surface area contributed by atoms with Gasteiger partial charge in [0, 0.05) is 33.0 Å². The van der Waals surface area contributed by atoms with Gasteiger partial charge in [-0.1, -0.05) is 155 Å². The molecule has 0 amide bonds. The highest BCUT2D eigenvalue weighted by molar-refractivity contribution is 5.92. The summed E-state index contributed by atoms with van der Waals surface area (Å²) in [6.07, 6.45) is 4.96. The molecule has 64 heavy (non-hydrogen) atoms. The van der Waals surface area contributed by atoms with Crippen molar-refractivity contribution < 1.29 is 0 Å². The molecule has 0 radical (unpaired) electrons. The zero-order chi connectivity index (χ0) is 45.3. The van der Waals surface area contributed by atoms with Crippen molar-refractivity contribution in [2.24, 2.45) is 11.8 Å². The third-order valence-electron chi connectivity index (χ3n) is 17.2. The van der Waals surface area contributed by atoms with Crippen molar-refractivity contribution in [1.29, 1.82) is 0 Å². The van der Waals surface area contributed by atoms with E-state index in [2.05, 4.69) is 216 Å². The van der Waals surface area contributed by atoms with Crippen LogP contribution in [0.15, 0.2) is 109 Å². The first kappa shape index (κ1) is 41.6. The molecule has 0 N–H and O–H groups in total. The highest BCUT2D eigenvalue weighted by Gasteiger charge is 2.65. The van der Waals surface area contributed by atoms with Crippen LogP contribution in [0.4, 0.5) is 34.1 Å². The Hall–Kier alpha value is -5.08. The summed E-state index contributed by atoms with van der Waals surface area (Å²) in [4.78, 5) is 5.24. The van der Waals surface area contributed by atoms with Crippen LogP contribution in [0.2, 0.25) is 0 Å². The predicted molar refractivity (Wildman–Crippen MR) is 273 cm³/mol. The van der Waals surface area contributed by atoms with E-state index in [4.69, 9.17) is 0 Å². The Bertz CT molecular complexity index is 2730. The van der Waals surface area contributed by atoms with Crippen molar-refractivity contribution in [3.8, 4) is 11.1 Å². The molecule has 6 aromatic rings. The minimum absolute atomic E-state index is 0.0644. The maximum absolute atomic E-state index is 2.68. The van der Waals surface area contributed by atoms with Gasteiger partial charge in [-0.05, 0) is 166 Å². The second kappa shape index (κ2) is 13.3. The molecule has 0 aromatic heterocycles. The Morgan fingerprint density at radius 1 is 0.406 bits per heavy atom. The fourth-order valence-corrected chi connectivity index (χ4v) is 14.2. The number of aryl methyl sites for hydroxylation is 2. The van der Waals surface area contributed by atoms with Crippen LogP contribution >= 0.6 is 0 Å². The second-order valence-electron chi connectivity index (χ2n) is 24.6. The first-order chi connectivity index (χ1) is 30.0. The van der Waals surface area contributed by atoms with Gasteiger partial charge < -0.3 is 9.80 Å². The summed E-state index contributed by atoms with van der Waals surface area (Å²) in [5.41, 5.74) is 25.0. The van der Waals surface area contributed by atoms with E-state index in [1.165, 1.54) is 115 Å². The van der Waals surface area contributed by atoms with Crippen molar-refractivity contribution in [3.05, 3.63) is 165 Å². The minimum atomic E-state index is -0.131. The molecule has 2 fully saturated rings. The predicted octanol–water partition coefficient (Wildman–Crippen LogP) is 17.1. The molecule has 5 aliphatic rings. The third-order valence-corrected chi connectivity index (χ3v) is 17.2. The molecule has 3 aliphatic carbocycles. The molecule has 6 aromatic carbocycles. The Labute approximate surface area is 385 Å². The topological polar surface area (TPSA) is 6.48 Å². The molecule has 0 saturated heterocycles. The molecule has 0 unspecified atom stereocenters. The maximum atomic E-state index is 2.68. The molecular formula is C62H70N2. The van der Waals surface area contributed by atoms with Gasteiger partial charge in [-0.15, -0.1) is 0 Å². The molecule has 0 bridgehead atoms. The normalized spacial score (nSPS) is 24.5. The van der Waals surface area contributed by atoms with Gasteiger partial charge in [-0.2, -0.15) is 0 Å². The van der Waals surface area contributed by atoms with E-state index in [1.807, 2.05) is 0 Å². The average Bonchev–Trinajstić information content (AvgIpc) is 3.68. The fourth-order valence-electron chi connectivity index (χ4n) is 14.2. The molecular weight excluding hydrogens is 773 g/mol. The summed E-state index contributed by atoms with van der Waals surface area (Å²) >= 11 is 0. The highest BCUT2D eigenvalue weighted by atomic mass is 15.2. The zero-order valence-corrected chi connectivity index (χ0v) is 41.3. The van der Waals surface area contributed by atoms with Crippen LogP contribution in [0, 0.1) is 25.7 Å². The fraction of sp³-hybridized carbons (Fsp3) is 0.419. The van der Waals surface area contributed by atoms with Crippen LogP contribution in [-0.4, -0.2) is 0 Å². The van der Waals surface area contributed by atoms with Crippen molar-refractivity contribution in [3.63, 3.8) is 0 Å². The number of hydrogen-bond acceptors (Lipinski definition) is 2. The van der Waals surface area contributed by atoms with Crippen molar-refractivity contribution in [2.45, 2.75) is 155 Å². The summed E-state index contributed by atoms with van der Waals surface area (Å²) in [6, 6.07) is 44.3. The molecule has 0 spiro atoms. The Kier molecular flexibility index (Phi) is 8.63. The van der Waals surface area contributed by atoms with Gasteiger partial charge >= 0.3 is 0 Å². The van der Waals surface area contributed by atoms with Crippen molar-refractivity contribution in [2.75, 3.05) is 9.80 Å². The van der Waals surface area contributed by atoms with E-state index >= 15 is 0 Å². The van der Waals surface area contributed by atoms with E-state index in [-0.39, 0.29) is 32.5 Å². The number of anilines is 6. The Balaban J connectivity index is 1.13. The van der Waals surface area contributed by atoms with Crippen LogP contribution in [0.25, 0.3) is 11.1 Å². The number of nitrogens with zero attached hydrogens (tertiary/aromatic N) is 2. The largest absolute Gasteiger partial charge is 0.310 e. The lowest BCUT2D eigenvalue weighted by Gasteiger charge is -2.49. The quantitative estimate of drug-likeness (QED) is 0.171. The van der Waals surface area contributed by atoms with Crippen molar-refractivity contribution >= 4 is 34.1 Å². The van der Waals surface area contributed by atoms with E-state index in [0.717, 1.165) is 0 Å².